The molecule has 5 nitrogen and oxygen atoms in total. The van der Waals surface area contributed by atoms with Crippen LogP contribution in [0.4, 0.5) is 0 Å². The zero-order valence-corrected chi connectivity index (χ0v) is 11.3. The summed E-state index contributed by atoms with van der Waals surface area (Å²) >= 11 is 0. The van der Waals surface area contributed by atoms with Crippen molar-refractivity contribution in [3.05, 3.63) is 18.0 Å². The summed E-state index contributed by atoms with van der Waals surface area (Å²) in [6.45, 7) is 10.2. The molecule has 0 aromatic carbocycles. The topological polar surface area (TPSA) is 39.5 Å². The van der Waals surface area contributed by atoms with Crippen molar-refractivity contribution in [3.8, 4) is 0 Å². The van der Waals surface area contributed by atoms with Gasteiger partial charge in [0.05, 0.1) is 31.6 Å². The first-order chi connectivity index (χ1) is 8.78. The average Bonchev–Trinajstić information content (AvgIpc) is 2.76. The molecule has 18 heavy (non-hydrogen) atoms. The van der Waals surface area contributed by atoms with Crippen LogP contribution in [0.15, 0.2) is 12.3 Å². The Hall–Kier alpha value is -0.910. The Balaban J connectivity index is 1.86. The van der Waals surface area contributed by atoms with Gasteiger partial charge in [0.2, 0.25) is 0 Å². The number of nitrogens with zero attached hydrogens (tertiary/aromatic N) is 3. The van der Waals surface area contributed by atoms with E-state index >= 15 is 0 Å². The summed E-state index contributed by atoms with van der Waals surface area (Å²) < 4.78 is 13.1. The van der Waals surface area contributed by atoms with Gasteiger partial charge in [0.25, 0.3) is 0 Å². The summed E-state index contributed by atoms with van der Waals surface area (Å²) in [6, 6.07) is 2.03. The van der Waals surface area contributed by atoms with E-state index in [-0.39, 0.29) is 6.10 Å². The molecule has 5 heteroatoms. The van der Waals surface area contributed by atoms with E-state index in [0.717, 1.165) is 51.7 Å². The molecule has 1 aliphatic rings. The van der Waals surface area contributed by atoms with Crippen LogP contribution < -0.4 is 0 Å². The second-order valence-corrected chi connectivity index (χ2v) is 4.67. The van der Waals surface area contributed by atoms with Gasteiger partial charge in [-0.1, -0.05) is 0 Å². The van der Waals surface area contributed by atoms with Crippen LogP contribution in [0.3, 0.4) is 0 Å². The molecule has 1 aromatic rings. The van der Waals surface area contributed by atoms with Gasteiger partial charge in [-0.3, -0.25) is 9.58 Å². The van der Waals surface area contributed by atoms with Crippen molar-refractivity contribution >= 4 is 0 Å². The third kappa shape index (κ3) is 4.08. The SMILES string of the molecule is CCOC(CN1CCOCC1)Cn1ccc(C)n1. The average molecular weight is 253 g/mol. The molecule has 1 aromatic heterocycles. The van der Waals surface area contributed by atoms with Gasteiger partial charge in [0.15, 0.2) is 0 Å². The third-order valence-electron chi connectivity index (χ3n) is 3.13. The van der Waals surface area contributed by atoms with E-state index < -0.39 is 0 Å². The maximum Gasteiger partial charge on any atom is 0.0897 e. The van der Waals surface area contributed by atoms with Gasteiger partial charge >= 0.3 is 0 Å². The fourth-order valence-electron chi connectivity index (χ4n) is 2.24. The Bertz CT molecular complexity index is 348. The quantitative estimate of drug-likeness (QED) is 0.756. The van der Waals surface area contributed by atoms with Crippen molar-refractivity contribution in [1.82, 2.24) is 14.7 Å². The standard InChI is InChI=1S/C13H23N3O2/c1-3-18-13(10-15-6-8-17-9-7-15)11-16-5-4-12(2)14-16/h4-5,13H,3,6-11H2,1-2H3. The lowest BCUT2D eigenvalue weighted by Gasteiger charge is -2.30. The normalized spacial score (nSPS) is 19.0. The van der Waals surface area contributed by atoms with Crippen LogP contribution >= 0.6 is 0 Å². The molecule has 1 aliphatic heterocycles. The highest BCUT2D eigenvalue weighted by Crippen LogP contribution is 2.05. The lowest BCUT2D eigenvalue weighted by atomic mass is 10.3. The highest BCUT2D eigenvalue weighted by atomic mass is 16.5. The third-order valence-corrected chi connectivity index (χ3v) is 3.13. The fraction of sp³-hybridized carbons (Fsp3) is 0.769. The van der Waals surface area contributed by atoms with Crippen molar-refractivity contribution in [2.45, 2.75) is 26.5 Å². The molecular weight excluding hydrogens is 230 g/mol. The highest BCUT2D eigenvalue weighted by molar-refractivity contribution is 4.95. The highest BCUT2D eigenvalue weighted by Gasteiger charge is 2.17. The molecule has 0 N–H and O–H groups in total. The van der Waals surface area contributed by atoms with Gasteiger partial charge < -0.3 is 9.47 Å². The van der Waals surface area contributed by atoms with Gasteiger partial charge in [-0.25, -0.2) is 0 Å². The molecule has 0 bridgehead atoms. The van der Waals surface area contributed by atoms with Crippen molar-refractivity contribution in [2.75, 3.05) is 39.5 Å². The summed E-state index contributed by atoms with van der Waals surface area (Å²) in [5.74, 6) is 0. The Morgan fingerprint density at radius 1 is 1.39 bits per heavy atom. The number of hydrogen-bond acceptors (Lipinski definition) is 4. The van der Waals surface area contributed by atoms with Gasteiger partial charge in [0.1, 0.15) is 0 Å². The first-order valence-electron chi connectivity index (χ1n) is 6.69. The number of ether oxygens (including phenoxy) is 2. The molecule has 102 valence electrons. The van der Waals surface area contributed by atoms with Crippen LogP contribution in [0.25, 0.3) is 0 Å². The Kier molecular flexibility index (Phi) is 5.16. The fourth-order valence-corrected chi connectivity index (χ4v) is 2.24. The number of aromatic nitrogens is 2. The van der Waals surface area contributed by atoms with Crippen LogP contribution in [0, 0.1) is 6.92 Å². The van der Waals surface area contributed by atoms with E-state index in [2.05, 4.69) is 10.00 Å². The number of hydrogen-bond donors (Lipinski definition) is 0. The molecule has 2 heterocycles. The first-order valence-corrected chi connectivity index (χ1v) is 6.69. The van der Waals surface area contributed by atoms with E-state index in [4.69, 9.17) is 9.47 Å². The minimum absolute atomic E-state index is 0.201. The maximum atomic E-state index is 5.81. The van der Waals surface area contributed by atoms with E-state index in [1.807, 2.05) is 30.8 Å². The Labute approximate surface area is 109 Å². The summed E-state index contributed by atoms with van der Waals surface area (Å²) in [6.07, 6.45) is 2.22. The molecule has 1 fully saturated rings. The molecule has 0 spiro atoms. The molecule has 0 aliphatic carbocycles. The molecule has 1 saturated heterocycles. The van der Waals surface area contributed by atoms with Gasteiger partial charge in [0, 0.05) is 32.4 Å². The van der Waals surface area contributed by atoms with Crippen LogP contribution in [-0.2, 0) is 16.0 Å². The maximum absolute atomic E-state index is 5.81. The molecule has 1 atom stereocenters. The van der Waals surface area contributed by atoms with E-state index in [1.54, 1.807) is 0 Å². The Morgan fingerprint density at radius 2 is 2.17 bits per heavy atom. The Morgan fingerprint density at radius 3 is 2.78 bits per heavy atom. The predicted octanol–water partition coefficient (Wildman–Crippen LogP) is 0.929. The first kappa shape index (κ1) is 13.5. The minimum atomic E-state index is 0.201. The lowest BCUT2D eigenvalue weighted by molar-refractivity contribution is -0.0153. The predicted molar refractivity (Wildman–Crippen MR) is 69.6 cm³/mol. The smallest absolute Gasteiger partial charge is 0.0897 e. The molecule has 0 radical (unpaired) electrons. The number of aryl methyl sites for hydroxylation is 1. The van der Waals surface area contributed by atoms with Crippen LogP contribution in [0.1, 0.15) is 12.6 Å². The molecule has 0 amide bonds. The zero-order valence-electron chi connectivity index (χ0n) is 11.3. The van der Waals surface area contributed by atoms with Gasteiger partial charge in [-0.2, -0.15) is 5.10 Å². The summed E-state index contributed by atoms with van der Waals surface area (Å²) in [4.78, 5) is 2.40. The van der Waals surface area contributed by atoms with Crippen LogP contribution in [-0.4, -0.2) is 60.2 Å². The van der Waals surface area contributed by atoms with Crippen molar-refractivity contribution in [1.29, 1.82) is 0 Å². The van der Waals surface area contributed by atoms with Crippen molar-refractivity contribution in [2.24, 2.45) is 0 Å². The van der Waals surface area contributed by atoms with E-state index in [0.29, 0.717) is 0 Å². The summed E-state index contributed by atoms with van der Waals surface area (Å²) in [7, 11) is 0. The number of morpholine rings is 1. The van der Waals surface area contributed by atoms with Crippen molar-refractivity contribution < 1.29 is 9.47 Å². The van der Waals surface area contributed by atoms with Crippen LogP contribution in [0.5, 0.6) is 0 Å². The van der Waals surface area contributed by atoms with Crippen molar-refractivity contribution in [3.63, 3.8) is 0 Å². The zero-order chi connectivity index (χ0) is 12.8. The largest absolute Gasteiger partial charge is 0.379 e. The molecular formula is C13H23N3O2. The van der Waals surface area contributed by atoms with Crippen LogP contribution in [0.2, 0.25) is 0 Å². The van der Waals surface area contributed by atoms with Gasteiger partial charge in [-0.05, 0) is 19.9 Å². The summed E-state index contributed by atoms with van der Waals surface area (Å²) in [5.41, 5.74) is 1.05. The summed E-state index contributed by atoms with van der Waals surface area (Å²) in [5, 5.41) is 4.42. The second-order valence-electron chi connectivity index (χ2n) is 4.67. The number of rotatable bonds is 6. The lowest BCUT2D eigenvalue weighted by Crippen LogP contribution is -2.43. The molecule has 0 saturated carbocycles. The van der Waals surface area contributed by atoms with Gasteiger partial charge in [-0.15, -0.1) is 0 Å². The second kappa shape index (κ2) is 6.87. The molecule has 1 unspecified atom stereocenters. The monoisotopic (exact) mass is 253 g/mol. The van der Waals surface area contributed by atoms with E-state index in [1.165, 1.54) is 0 Å². The minimum Gasteiger partial charge on any atom is -0.379 e. The van der Waals surface area contributed by atoms with E-state index in [9.17, 15) is 0 Å². The molecule has 2 rings (SSSR count).